The maximum Gasteiger partial charge on any atom is 0.0637 e. The van der Waals surface area contributed by atoms with Crippen LogP contribution in [-0.2, 0) is 0 Å². The van der Waals surface area contributed by atoms with Gasteiger partial charge in [0.1, 0.15) is 0 Å². The van der Waals surface area contributed by atoms with Crippen molar-refractivity contribution in [3.05, 3.63) is 100 Å². The Kier molecular flexibility index (Phi) is 3.24. The summed E-state index contributed by atoms with van der Waals surface area (Å²) >= 11 is 1.74. The molecule has 0 spiro atoms. The van der Waals surface area contributed by atoms with E-state index in [9.17, 15) is 0 Å². The van der Waals surface area contributed by atoms with E-state index in [2.05, 4.69) is 77.5 Å². The first-order valence-electron chi connectivity index (χ1n) is 5.95. The Hall–Kier alpha value is -1.86. The molecule has 2 aromatic carbocycles. The van der Waals surface area contributed by atoms with Crippen LogP contribution in [-0.4, -0.2) is 0 Å². The Morgan fingerprint density at radius 3 is 1.61 bits per heavy atom. The quantitative estimate of drug-likeness (QED) is 0.627. The maximum absolute atomic E-state index is 2.20. The van der Waals surface area contributed by atoms with E-state index in [0.717, 1.165) is 0 Å². The topological polar surface area (TPSA) is 0 Å². The molecule has 0 fully saturated rings. The Morgan fingerprint density at radius 1 is 0.611 bits per heavy atom. The molecule has 0 atom stereocenters. The van der Waals surface area contributed by atoms with Crippen LogP contribution < -0.4 is 0 Å². The number of thiophene rings is 1. The predicted octanol–water partition coefficient (Wildman–Crippen LogP) is 4.77. The Morgan fingerprint density at radius 2 is 1.17 bits per heavy atom. The zero-order chi connectivity index (χ0) is 12.2. The monoisotopic (exact) mass is 249 g/mol. The Balaban J connectivity index is 2.11. The lowest BCUT2D eigenvalue weighted by Gasteiger charge is -2.16. The molecule has 1 aromatic heterocycles. The highest BCUT2D eigenvalue weighted by Crippen LogP contribution is 2.31. The van der Waals surface area contributed by atoms with Crippen molar-refractivity contribution in [3.63, 3.8) is 0 Å². The summed E-state index contributed by atoms with van der Waals surface area (Å²) in [6.45, 7) is 0. The summed E-state index contributed by atoms with van der Waals surface area (Å²) in [5.74, 6) is 1.30. The van der Waals surface area contributed by atoms with Crippen LogP contribution in [0.5, 0.6) is 0 Å². The van der Waals surface area contributed by atoms with Crippen LogP contribution in [0.3, 0.4) is 0 Å². The van der Waals surface area contributed by atoms with Gasteiger partial charge in [-0.1, -0.05) is 60.7 Å². The highest BCUT2D eigenvalue weighted by atomic mass is 32.1. The van der Waals surface area contributed by atoms with Crippen molar-refractivity contribution < 1.29 is 0 Å². The van der Waals surface area contributed by atoms with Crippen LogP contribution in [0, 0.1) is 5.92 Å². The van der Waals surface area contributed by atoms with Gasteiger partial charge in [0.2, 0.25) is 0 Å². The first kappa shape index (κ1) is 11.2. The number of benzene rings is 2. The zero-order valence-electron chi connectivity index (χ0n) is 9.91. The molecule has 0 saturated carbocycles. The molecule has 0 bridgehead atoms. The molecule has 0 nitrogen and oxygen atoms in total. The lowest BCUT2D eigenvalue weighted by atomic mass is 9.87. The van der Waals surface area contributed by atoms with Gasteiger partial charge in [-0.2, -0.15) is 11.3 Å². The second-order valence-electron chi connectivity index (χ2n) is 4.12. The van der Waals surface area contributed by atoms with E-state index in [1.807, 2.05) is 0 Å². The molecule has 0 N–H and O–H groups in total. The van der Waals surface area contributed by atoms with Crippen LogP contribution in [0.2, 0.25) is 0 Å². The fraction of sp³-hybridized carbons (Fsp3) is 0. The lowest BCUT2D eigenvalue weighted by Crippen LogP contribution is -2.02. The van der Waals surface area contributed by atoms with Gasteiger partial charge < -0.3 is 0 Å². The highest BCUT2D eigenvalue weighted by molar-refractivity contribution is 7.08. The van der Waals surface area contributed by atoms with Gasteiger partial charge in [0.25, 0.3) is 0 Å². The number of rotatable bonds is 3. The fourth-order valence-corrected chi connectivity index (χ4v) is 2.76. The third-order valence-electron chi connectivity index (χ3n) is 2.93. The molecule has 0 amide bonds. The van der Waals surface area contributed by atoms with Crippen LogP contribution in [0.4, 0.5) is 0 Å². The summed E-state index contributed by atoms with van der Waals surface area (Å²) in [5, 5.41) is 4.33. The predicted molar refractivity (Wildman–Crippen MR) is 77.8 cm³/mol. The molecule has 3 aromatic rings. The van der Waals surface area contributed by atoms with Crippen molar-refractivity contribution in [2.45, 2.75) is 0 Å². The molecule has 0 aliphatic rings. The van der Waals surface area contributed by atoms with E-state index in [1.54, 1.807) is 11.3 Å². The first-order valence-corrected chi connectivity index (χ1v) is 6.90. The molecule has 3 rings (SSSR count). The molecule has 1 radical (unpaired) electrons. The lowest BCUT2D eigenvalue weighted by molar-refractivity contribution is 1.24. The molecule has 87 valence electrons. The first-order chi connectivity index (χ1) is 8.95. The van der Waals surface area contributed by atoms with E-state index in [0.29, 0.717) is 0 Å². The Bertz CT molecular complexity index is 543. The average molecular weight is 249 g/mol. The van der Waals surface area contributed by atoms with Gasteiger partial charge in [-0.15, -0.1) is 0 Å². The molecule has 0 saturated heterocycles. The minimum absolute atomic E-state index is 1.27. The van der Waals surface area contributed by atoms with Crippen LogP contribution >= 0.6 is 11.3 Å². The Labute approximate surface area is 112 Å². The summed E-state index contributed by atoms with van der Waals surface area (Å²) in [5.41, 5.74) is 3.82. The molecular weight excluding hydrogens is 236 g/mol. The van der Waals surface area contributed by atoms with Gasteiger partial charge in [0, 0.05) is 0 Å². The number of hydrogen-bond donors (Lipinski definition) is 0. The van der Waals surface area contributed by atoms with Crippen molar-refractivity contribution in [1.82, 2.24) is 0 Å². The van der Waals surface area contributed by atoms with Crippen molar-refractivity contribution >= 4 is 11.3 Å². The molecule has 0 unspecified atom stereocenters. The standard InChI is InChI=1S/C17H13S/c1-3-7-14(8-4-1)17(16-11-12-18-13-16)15-9-5-2-6-10-15/h1-13H. The van der Waals surface area contributed by atoms with Gasteiger partial charge >= 0.3 is 0 Å². The molecule has 1 heterocycles. The number of hydrogen-bond acceptors (Lipinski definition) is 1. The smallest absolute Gasteiger partial charge is 0.0637 e. The second-order valence-corrected chi connectivity index (χ2v) is 4.90. The second kappa shape index (κ2) is 5.19. The van der Waals surface area contributed by atoms with Crippen LogP contribution in [0.1, 0.15) is 16.7 Å². The highest BCUT2D eigenvalue weighted by Gasteiger charge is 2.17. The van der Waals surface area contributed by atoms with Crippen LogP contribution in [0.25, 0.3) is 0 Å². The normalized spacial score (nSPS) is 10.7. The van der Waals surface area contributed by atoms with Crippen LogP contribution in [0.15, 0.2) is 77.5 Å². The largest absolute Gasteiger partial charge is 0.152 e. The fourth-order valence-electron chi connectivity index (χ4n) is 2.12. The van der Waals surface area contributed by atoms with Gasteiger partial charge in [-0.25, -0.2) is 0 Å². The third-order valence-corrected chi connectivity index (χ3v) is 3.62. The summed E-state index contributed by atoms with van der Waals surface area (Å²) in [4.78, 5) is 0. The van der Waals surface area contributed by atoms with Gasteiger partial charge in [0.15, 0.2) is 0 Å². The molecule has 0 aliphatic heterocycles. The maximum atomic E-state index is 2.20. The zero-order valence-corrected chi connectivity index (χ0v) is 10.7. The minimum Gasteiger partial charge on any atom is -0.152 e. The molecule has 18 heavy (non-hydrogen) atoms. The third kappa shape index (κ3) is 2.22. The van der Waals surface area contributed by atoms with Gasteiger partial charge in [0.05, 0.1) is 5.92 Å². The van der Waals surface area contributed by atoms with Gasteiger partial charge in [-0.05, 0) is 33.5 Å². The molecule has 0 aliphatic carbocycles. The van der Waals surface area contributed by atoms with Crippen molar-refractivity contribution in [2.24, 2.45) is 0 Å². The SMILES string of the molecule is c1ccc([C](c2ccccc2)c2ccsc2)cc1. The van der Waals surface area contributed by atoms with Crippen molar-refractivity contribution in [3.8, 4) is 0 Å². The van der Waals surface area contributed by atoms with Crippen molar-refractivity contribution in [1.29, 1.82) is 0 Å². The summed E-state index contributed by atoms with van der Waals surface area (Å²) < 4.78 is 0. The van der Waals surface area contributed by atoms with E-state index in [-0.39, 0.29) is 0 Å². The van der Waals surface area contributed by atoms with Gasteiger partial charge in [-0.3, -0.25) is 0 Å². The summed E-state index contributed by atoms with van der Waals surface area (Å²) in [6.07, 6.45) is 0. The summed E-state index contributed by atoms with van der Waals surface area (Å²) in [6, 6.07) is 23.3. The average Bonchev–Trinajstić information content (AvgIpc) is 2.95. The minimum atomic E-state index is 1.27. The molecular formula is C17H13S. The van der Waals surface area contributed by atoms with E-state index in [1.165, 1.54) is 22.6 Å². The summed E-state index contributed by atoms with van der Waals surface area (Å²) in [7, 11) is 0. The van der Waals surface area contributed by atoms with Crippen molar-refractivity contribution in [2.75, 3.05) is 0 Å². The van der Waals surface area contributed by atoms with E-state index >= 15 is 0 Å². The van der Waals surface area contributed by atoms with E-state index < -0.39 is 0 Å². The molecule has 1 heteroatoms. The van der Waals surface area contributed by atoms with E-state index in [4.69, 9.17) is 0 Å².